The molecular weight excluding hydrogens is 345 g/mol. The number of anilines is 1. The fourth-order valence-corrected chi connectivity index (χ4v) is 2.89. The molecule has 1 saturated carbocycles. The van der Waals surface area contributed by atoms with Gasteiger partial charge < -0.3 is 20.5 Å². The number of ether oxygens (including phenoxy) is 1. The van der Waals surface area contributed by atoms with Crippen LogP contribution < -0.4 is 10.6 Å². The molecule has 2 amide bonds. The molecule has 0 aromatic heterocycles. The van der Waals surface area contributed by atoms with E-state index in [0.717, 1.165) is 6.07 Å². The molecule has 3 N–H and O–H groups in total. The van der Waals surface area contributed by atoms with Crippen LogP contribution in [0.2, 0.25) is 0 Å². The Morgan fingerprint density at radius 3 is 2.62 bits per heavy atom. The number of amides is 2. The van der Waals surface area contributed by atoms with Crippen molar-refractivity contribution in [1.29, 1.82) is 0 Å². The number of halogens is 1. The van der Waals surface area contributed by atoms with Gasteiger partial charge in [0.1, 0.15) is 5.82 Å². The number of benzene rings is 1. The summed E-state index contributed by atoms with van der Waals surface area (Å²) in [5.74, 6) is -2.19. The third-order valence-electron chi connectivity index (χ3n) is 4.34. The zero-order valence-electron chi connectivity index (χ0n) is 14.6. The number of carboxylic acids is 1. The molecule has 26 heavy (non-hydrogen) atoms. The lowest BCUT2D eigenvalue weighted by Crippen LogP contribution is -2.55. The van der Waals surface area contributed by atoms with E-state index in [1.54, 1.807) is 0 Å². The summed E-state index contributed by atoms with van der Waals surface area (Å²) in [4.78, 5) is 36.2. The number of hydrogen-bond acceptors (Lipinski definition) is 5. The van der Waals surface area contributed by atoms with Crippen molar-refractivity contribution < 1.29 is 28.6 Å². The summed E-state index contributed by atoms with van der Waals surface area (Å²) in [6, 6.07) is 2.94. The molecule has 0 atom stereocenters. The first-order valence-corrected chi connectivity index (χ1v) is 8.25. The molecule has 1 aliphatic carbocycles. The molecule has 1 aliphatic rings. The van der Waals surface area contributed by atoms with Crippen molar-refractivity contribution in [3.05, 3.63) is 29.6 Å². The van der Waals surface area contributed by atoms with Crippen LogP contribution in [-0.4, -0.2) is 60.3 Å². The van der Waals surface area contributed by atoms with Gasteiger partial charge in [-0.15, -0.1) is 0 Å². The highest BCUT2D eigenvalue weighted by molar-refractivity contribution is 5.94. The van der Waals surface area contributed by atoms with E-state index >= 15 is 0 Å². The third kappa shape index (κ3) is 4.92. The third-order valence-corrected chi connectivity index (χ3v) is 4.34. The van der Waals surface area contributed by atoms with E-state index in [0.29, 0.717) is 19.4 Å². The van der Waals surface area contributed by atoms with Gasteiger partial charge in [0.15, 0.2) is 0 Å². The first-order chi connectivity index (χ1) is 12.3. The van der Waals surface area contributed by atoms with Crippen LogP contribution in [-0.2, 0) is 9.53 Å². The number of likely N-dealkylation sites (N-methyl/N-ethyl adjacent to an activating group) is 1. The quantitative estimate of drug-likeness (QED) is 0.633. The highest BCUT2D eigenvalue weighted by atomic mass is 19.1. The van der Waals surface area contributed by atoms with Crippen LogP contribution in [0.25, 0.3) is 0 Å². The van der Waals surface area contributed by atoms with E-state index < -0.39 is 23.8 Å². The first-order valence-electron chi connectivity index (χ1n) is 8.25. The maximum absolute atomic E-state index is 13.8. The molecule has 0 unspecified atom stereocenters. The van der Waals surface area contributed by atoms with Crippen LogP contribution in [0.3, 0.4) is 0 Å². The molecule has 0 heterocycles. The Hall–Kier alpha value is -2.68. The van der Waals surface area contributed by atoms with E-state index in [9.17, 15) is 18.8 Å². The van der Waals surface area contributed by atoms with E-state index in [1.807, 2.05) is 11.8 Å². The number of esters is 1. The predicted octanol–water partition coefficient (Wildman–Crippen LogP) is 1.67. The SMILES string of the molecule is CCN(CC(=O)O)C1CC(NC(=O)Nc2cc(C(=O)OC)ccc2F)C1. The Labute approximate surface area is 150 Å². The number of methoxy groups -OCH3 is 1. The Morgan fingerprint density at radius 1 is 1.35 bits per heavy atom. The highest BCUT2D eigenvalue weighted by Gasteiger charge is 2.34. The molecule has 0 bridgehead atoms. The number of rotatable bonds is 7. The number of aliphatic carboxylic acids is 1. The minimum Gasteiger partial charge on any atom is -0.480 e. The lowest BCUT2D eigenvalue weighted by atomic mass is 9.85. The molecule has 8 nitrogen and oxygen atoms in total. The number of carboxylic acid groups (broad SMARTS) is 1. The van der Waals surface area contributed by atoms with Gasteiger partial charge in [0.2, 0.25) is 0 Å². The van der Waals surface area contributed by atoms with Gasteiger partial charge in [0.25, 0.3) is 0 Å². The number of carbonyl (C=O) groups is 3. The van der Waals surface area contributed by atoms with Crippen LogP contribution in [0.1, 0.15) is 30.1 Å². The maximum Gasteiger partial charge on any atom is 0.337 e. The summed E-state index contributed by atoms with van der Waals surface area (Å²) in [6.45, 7) is 2.46. The molecule has 2 rings (SSSR count). The van der Waals surface area contributed by atoms with Crippen LogP contribution >= 0.6 is 0 Å². The van der Waals surface area contributed by atoms with Gasteiger partial charge in [0.05, 0.1) is 24.9 Å². The van der Waals surface area contributed by atoms with E-state index in [4.69, 9.17) is 5.11 Å². The van der Waals surface area contributed by atoms with Crippen LogP contribution in [0.5, 0.6) is 0 Å². The zero-order chi connectivity index (χ0) is 19.3. The van der Waals surface area contributed by atoms with Crippen molar-refractivity contribution in [2.45, 2.75) is 31.8 Å². The number of carbonyl (C=O) groups excluding carboxylic acids is 2. The smallest absolute Gasteiger partial charge is 0.337 e. The van der Waals surface area contributed by atoms with E-state index in [2.05, 4.69) is 15.4 Å². The number of hydrogen-bond donors (Lipinski definition) is 3. The molecule has 9 heteroatoms. The number of nitrogens with one attached hydrogen (secondary N) is 2. The summed E-state index contributed by atoms with van der Waals surface area (Å²) in [5.41, 5.74) is 0.00232. The summed E-state index contributed by atoms with van der Waals surface area (Å²) in [5, 5.41) is 14.0. The molecule has 0 radical (unpaired) electrons. The molecular formula is C17H22FN3O5. The van der Waals surface area contributed by atoms with Crippen LogP contribution in [0.4, 0.5) is 14.9 Å². The molecule has 0 saturated heterocycles. The largest absolute Gasteiger partial charge is 0.480 e. The first kappa shape index (κ1) is 19.6. The molecule has 0 spiro atoms. The van der Waals surface area contributed by atoms with Crippen LogP contribution in [0, 0.1) is 5.82 Å². The lowest BCUT2D eigenvalue weighted by molar-refractivity contribution is -0.139. The monoisotopic (exact) mass is 367 g/mol. The Bertz CT molecular complexity index is 691. The molecule has 0 aliphatic heterocycles. The summed E-state index contributed by atoms with van der Waals surface area (Å²) in [6.07, 6.45) is 1.25. The summed E-state index contributed by atoms with van der Waals surface area (Å²) in [7, 11) is 1.21. The molecule has 1 fully saturated rings. The number of nitrogens with zero attached hydrogens (tertiary/aromatic N) is 1. The average molecular weight is 367 g/mol. The standard InChI is InChI=1S/C17H22FN3O5/c1-3-21(9-15(22)23)12-7-11(8-12)19-17(25)20-14-6-10(16(24)26-2)4-5-13(14)18/h4-6,11-12H,3,7-9H2,1-2H3,(H,22,23)(H2,19,20,25). The fourth-order valence-electron chi connectivity index (χ4n) is 2.89. The Balaban J connectivity index is 1.87. The second kappa shape index (κ2) is 8.61. The normalized spacial score (nSPS) is 18.8. The lowest BCUT2D eigenvalue weighted by Gasteiger charge is -2.42. The van der Waals surface area contributed by atoms with Crippen LogP contribution in [0.15, 0.2) is 18.2 Å². The van der Waals surface area contributed by atoms with Gasteiger partial charge in [0, 0.05) is 12.1 Å². The van der Waals surface area contributed by atoms with Crippen molar-refractivity contribution in [3.63, 3.8) is 0 Å². The zero-order valence-corrected chi connectivity index (χ0v) is 14.6. The average Bonchev–Trinajstić information content (AvgIpc) is 2.57. The van der Waals surface area contributed by atoms with Gasteiger partial charge in [-0.2, -0.15) is 0 Å². The summed E-state index contributed by atoms with van der Waals surface area (Å²) >= 11 is 0. The Kier molecular flexibility index (Phi) is 6.51. The number of urea groups is 1. The second-order valence-corrected chi connectivity index (χ2v) is 6.06. The topological polar surface area (TPSA) is 108 Å². The minimum atomic E-state index is -0.887. The van der Waals surface area contributed by atoms with E-state index in [-0.39, 0.29) is 29.9 Å². The summed E-state index contributed by atoms with van der Waals surface area (Å²) < 4.78 is 18.4. The molecule has 1 aromatic rings. The molecule has 1 aromatic carbocycles. The predicted molar refractivity (Wildman–Crippen MR) is 91.6 cm³/mol. The molecule has 142 valence electrons. The Morgan fingerprint density at radius 2 is 2.04 bits per heavy atom. The van der Waals surface area contributed by atoms with Gasteiger partial charge in [-0.25, -0.2) is 14.0 Å². The minimum absolute atomic E-state index is 0.0361. The van der Waals surface area contributed by atoms with Gasteiger partial charge in [-0.1, -0.05) is 6.92 Å². The van der Waals surface area contributed by atoms with Crippen molar-refractivity contribution >= 4 is 23.7 Å². The van der Waals surface area contributed by atoms with Gasteiger partial charge >= 0.3 is 18.0 Å². The van der Waals surface area contributed by atoms with Crippen molar-refractivity contribution in [3.8, 4) is 0 Å². The van der Waals surface area contributed by atoms with Crippen molar-refractivity contribution in [2.24, 2.45) is 0 Å². The van der Waals surface area contributed by atoms with E-state index in [1.165, 1.54) is 19.2 Å². The van der Waals surface area contributed by atoms with Crippen molar-refractivity contribution in [1.82, 2.24) is 10.2 Å². The fraction of sp³-hybridized carbons (Fsp3) is 0.471. The second-order valence-electron chi connectivity index (χ2n) is 6.06. The highest BCUT2D eigenvalue weighted by Crippen LogP contribution is 2.26. The maximum atomic E-state index is 13.8. The van der Waals surface area contributed by atoms with Gasteiger partial charge in [-0.3, -0.25) is 9.69 Å². The van der Waals surface area contributed by atoms with Gasteiger partial charge in [-0.05, 0) is 37.6 Å². The van der Waals surface area contributed by atoms with Crippen molar-refractivity contribution in [2.75, 3.05) is 25.5 Å².